The van der Waals surface area contributed by atoms with Crippen molar-refractivity contribution in [3.63, 3.8) is 0 Å². The molecule has 3 amide bonds. The smallest absolute Gasteiger partial charge is 0.293 e. The van der Waals surface area contributed by atoms with Crippen LogP contribution in [-0.2, 0) is 9.59 Å². The van der Waals surface area contributed by atoms with E-state index in [-0.39, 0.29) is 35.8 Å². The third-order valence-corrected chi connectivity index (χ3v) is 6.65. The molecule has 4 rings (SSSR count). The molecule has 1 fully saturated rings. The van der Waals surface area contributed by atoms with E-state index in [1.165, 1.54) is 14.2 Å². The molecule has 0 bridgehead atoms. The molecule has 0 spiro atoms. The lowest BCUT2D eigenvalue weighted by Crippen LogP contribution is -2.32. The molecule has 3 aromatic rings. The average Bonchev–Trinajstić information content (AvgIpc) is 3.21. The third kappa shape index (κ3) is 7.24. The molecule has 1 N–H and O–H groups in total. The number of hydrogen-bond acceptors (Lipinski definition) is 8. The zero-order valence-electron chi connectivity index (χ0n) is 21.1. The summed E-state index contributed by atoms with van der Waals surface area (Å²) in [6, 6.07) is 18.8. The summed E-state index contributed by atoms with van der Waals surface area (Å²) < 4.78 is 22.0. The molecule has 1 heterocycles. The number of carbonyl (C=O) groups excluding carboxylic acids is 3. The molecule has 39 heavy (non-hydrogen) atoms. The standard InChI is InChI=1S/C28H25ClN2O7S/c1-35-21-5-3-4-6-22(21)37-14-13-31-27(33)25(39-28(31)34)16-18-7-12-23(24(15-18)36-2)38-17-26(32)30-20-10-8-19(29)9-11-20/h3-12,15-16H,13-14,17H2,1-2H3,(H,30,32)/b25-16-. The lowest BCUT2D eigenvalue weighted by molar-refractivity contribution is -0.123. The van der Waals surface area contributed by atoms with E-state index in [0.29, 0.717) is 39.3 Å². The van der Waals surface area contributed by atoms with Crippen molar-refractivity contribution >= 4 is 52.2 Å². The molecule has 1 aliphatic heterocycles. The maximum Gasteiger partial charge on any atom is 0.293 e. The first kappa shape index (κ1) is 27.9. The van der Waals surface area contributed by atoms with Crippen molar-refractivity contribution < 1.29 is 33.3 Å². The van der Waals surface area contributed by atoms with Crippen LogP contribution in [0.5, 0.6) is 23.0 Å². The Morgan fingerprint density at radius 2 is 1.62 bits per heavy atom. The van der Waals surface area contributed by atoms with Crippen LogP contribution in [0.25, 0.3) is 6.08 Å². The number of halogens is 1. The number of amides is 3. The van der Waals surface area contributed by atoms with Gasteiger partial charge in [-0.3, -0.25) is 19.3 Å². The summed E-state index contributed by atoms with van der Waals surface area (Å²) in [6.45, 7) is -0.0282. The van der Waals surface area contributed by atoms with Gasteiger partial charge in [0, 0.05) is 10.7 Å². The highest BCUT2D eigenvalue weighted by Gasteiger charge is 2.34. The summed E-state index contributed by atoms with van der Waals surface area (Å²) in [6.07, 6.45) is 1.60. The van der Waals surface area contributed by atoms with Gasteiger partial charge in [0.15, 0.2) is 29.6 Å². The molecule has 0 saturated carbocycles. The summed E-state index contributed by atoms with van der Waals surface area (Å²) in [5, 5.41) is 2.90. The van der Waals surface area contributed by atoms with E-state index in [4.69, 9.17) is 30.5 Å². The van der Waals surface area contributed by atoms with Crippen molar-refractivity contribution in [2.24, 2.45) is 0 Å². The summed E-state index contributed by atoms with van der Waals surface area (Å²) in [5.41, 5.74) is 1.22. The van der Waals surface area contributed by atoms with Gasteiger partial charge in [-0.1, -0.05) is 29.8 Å². The first-order valence-electron chi connectivity index (χ1n) is 11.8. The average molecular weight is 569 g/mol. The Labute approximate surface area is 234 Å². The second-order valence-corrected chi connectivity index (χ2v) is 9.52. The Bertz CT molecular complexity index is 1390. The number of thioether (sulfide) groups is 1. The molecule has 0 radical (unpaired) electrons. The van der Waals surface area contributed by atoms with Crippen molar-refractivity contribution in [1.29, 1.82) is 0 Å². The first-order chi connectivity index (χ1) is 18.9. The molecule has 1 saturated heterocycles. The topological polar surface area (TPSA) is 103 Å². The van der Waals surface area contributed by atoms with Crippen LogP contribution in [-0.4, -0.2) is 55.9 Å². The number of nitrogens with one attached hydrogen (secondary N) is 1. The van der Waals surface area contributed by atoms with Crippen molar-refractivity contribution in [3.8, 4) is 23.0 Å². The third-order valence-electron chi connectivity index (χ3n) is 5.49. The van der Waals surface area contributed by atoms with E-state index < -0.39 is 5.91 Å². The monoisotopic (exact) mass is 568 g/mol. The number of benzene rings is 3. The Balaban J connectivity index is 1.35. The van der Waals surface area contributed by atoms with E-state index >= 15 is 0 Å². The highest BCUT2D eigenvalue weighted by atomic mass is 35.5. The second-order valence-electron chi connectivity index (χ2n) is 8.09. The molecule has 9 nitrogen and oxygen atoms in total. The fourth-order valence-electron chi connectivity index (χ4n) is 3.60. The number of ether oxygens (including phenoxy) is 4. The van der Waals surface area contributed by atoms with Crippen LogP contribution in [0.4, 0.5) is 10.5 Å². The lowest BCUT2D eigenvalue weighted by Gasteiger charge is -2.14. The van der Waals surface area contributed by atoms with Crippen molar-refractivity contribution in [3.05, 3.63) is 82.2 Å². The van der Waals surface area contributed by atoms with Gasteiger partial charge in [-0.25, -0.2) is 0 Å². The van der Waals surface area contributed by atoms with Gasteiger partial charge in [-0.05, 0) is 71.9 Å². The Morgan fingerprint density at radius 1 is 0.923 bits per heavy atom. The Kier molecular flexibility index (Phi) is 9.35. The SMILES string of the molecule is COc1ccccc1OCCN1C(=O)S/C(=C\c2ccc(OCC(=O)Nc3ccc(Cl)cc3)c(OC)c2)C1=O. The predicted octanol–water partition coefficient (Wildman–Crippen LogP) is 5.49. The van der Waals surface area contributed by atoms with E-state index in [9.17, 15) is 14.4 Å². The summed E-state index contributed by atoms with van der Waals surface area (Å²) in [7, 11) is 3.01. The van der Waals surface area contributed by atoms with Gasteiger partial charge in [-0.15, -0.1) is 0 Å². The molecule has 1 aliphatic rings. The lowest BCUT2D eigenvalue weighted by atomic mass is 10.2. The van der Waals surface area contributed by atoms with Crippen LogP contribution in [0.1, 0.15) is 5.56 Å². The minimum atomic E-state index is -0.410. The number of nitrogens with zero attached hydrogens (tertiary/aromatic N) is 1. The van der Waals surface area contributed by atoms with Crippen molar-refractivity contribution in [2.45, 2.75) is 0 Å². The first-order valence-corrected chi connectivity index (χ1v) is 12.9. The fraction of sp³-hybridized carbons (Fsp3) is 0.179. The zero-order valence-corrected chi connectivity index (χ0v) is 22.7. The zero-order chi connectivity index (χ0) is 27.8. The van der Waals surface area contributed by atoms with Gasteiger partial charge in [-0.2, -0.15) is 0 Å². The van der Waals surface area contributed by atoms with Crippen LogP contribution in [0.3, 0.4) is 0 Å². The van der Waals surface area contributed by atoms with Gasteiger partial charge in [0.1, 0.15) is 6.61 Å². The molecule has 0 atom stereocenters. The quantitative estimate of drug-likeness (QED) is 0.303. The van der Waals surface area contributed by atoms with Gasteiger partial charge < -0.3 is 24.3 Å². The van der Waals surface area contributed by atoms with E-state index in [1.807, 2.05) is 12.1 Å². The van der Waals surface area contributed by atoms with Gasteiger partial charge >= 0.3 is 0 Å². The molecule has 11 heteroatoms. The summed E-state index contributed by atoms with van der Waals surface area (Å²) in [4.78, 5) is 39.0. The molecular weight excluding hydrogens is 544 g/mol. The summed E-state index contributed by atoms with van der Waals surface area (Å²) >= 11 is 6.71. The maximum absolute atomic E-state index is 12.9. The largest absolute Gasteiger partial charge is 0.493 e. The Hall–Kier alpha value is -4.15. The number of carbonyl (C=O) groups is 3. The van der Waals surface area contributed by atoms with E-state index in [0.717, 1.165) is 16.7 Å². The fourth-order valence-corrected chi connectivity index (χ4v) is 4.59. The number of imide groups is 1. The minimum Gasteiger partial charge on any atom is -0.493 e. The van der Waals surface area contributed by atoms with Crippen molar-refractivity contribution in [2.75, 3.05) is 39.3 Å². The van der Waals surface area contributed by atoms with E-state index in [1.54, 1.807) is 60.7 Å². The molecule has 202 valence electrons. The highest BCUT2D eigenvalue weighted by molar-refractivity contribution is 8.18. The van der Waals surface area contributed by atoms with Crippen LogP contribution in [0.15, 0.2) is 71.6 Å². The van der Waals surface area contributed by atoms with Crippen LogP contribution >= 0.6 is 23.4 Å². The second kappa shape index (κ2) is 13.1. The van der Waals surface area contributed by atoms with Crippen LogP contribution in [0, 0.1) is 0 Å². The number of hydrogen-bond donors (Lipinski definition) is 1. The molecule has 0 aromatic heterocycles. The number of rotatable bonds is 11. The van der Waals surface area contributed by atoms with Gasteiger partial charge in [0.25, 0.3) is 17.1 Å². The number of methoxy groups -OCH3 is 2. The number of anilines is 1. The molecular formula is C28H25ClN2O7S. The van der Waals surface area contributed by atoms with Crippen LogP contribution < -0.4 is 24.3 Å². The molecule has 0 unspecified atom stereocenters. The Morgan fingerprint density at radius 3 is 2.33 bits per heavy atom. The molecule has 0 aliphatic carbocycles. The summed E-state index contributed by atoms with van der Waals surface area (Å²) in [5.74, 6) is 1.04. The molecule has 3 aromatic carbocycles. The number of para-hydroxylation sites is 2. The highest BCUT2D eigenvalue weighted by Crippen LogP contribution is 2.35. The van der Waals surface area contributed by atoms with Crippen LogP contribution in [0.2, 0.25) is 5.02 Å². The van der Waals surface area contributed by atoms with Gasteiger partial charge in [0.05, 0.1) is 25.7 Å². The van der Waals surface area contributed by atoms with Gasteiger partial charge in [0.2, 0.25) is 0 Å². The van der Waals surface area contributed by atoms with Crippen molar-refractivity contribution in [1.82, 2.24) is 4.90 Å². The van der Waals surface area contributed by atoms with E-state index in [2.05, 4.69) is 5.32 Å². The maximum atomic E-state index is 12.9. The predicted molar refractivity (Wildman–Crippen MR) is 150 cm³/mol. The minimum absolute atomic E-state index is 0.0915. The normalized spacial score (nSPS) is 13.9.